The molecular formula is C12H15ClO4. The molecule has 1 rings (SSSR count). The number of carbonyl (C=O) groups excluding carboxylic acids is 1. The molecule has 0 aliphatic rings. The number of hydrogen-bond acceptors (Lipinski definition) is 4. The largest absolute Gasteiger partial charge is 0.497 e. The number of hydrogen-bond donors (Lipinski definition) is 2. The van der Waals surface area contributed by atoms with Gasteiger partial charge in [-0.15, -0.1) is 11.6 Å². The van der Waals surface area contributed by atoms with Gasteiger partial charge in [0, 0.05) is 11.4 Å². The Morgan fingerprint density at radius 2 is 2.18 bits per heavy atom. The first-order valence-electron chi connectivity index (χ1n) is 5.19. The fourth-order valence-electron chi connectivity index (χ4n) is 1.53. The van der Waals surface area contributed by atoms with Crippen LogP contribution in [0.15, 0.2) is 18.2 Å². The zero-order valence-electron chi connectivity index (χ0n) is 9.47. The average Bonchev–Trinajstić information content (AvgIpc) is 2.37. The number of aldehydes is 1. The summed E-state index contributed by atoms with van der Waals surface area (Å²) in [6.45, 7) is 0. The Morgan fingerprint density at radius 1 is 1.47 bits per heavy atom. The second-order valence-corrected chi connectivity index (χ2v) is 3.98. The van der Waals surface area contributed by atoms with E-state index in [9.17, 15) is 15.0 Å². The van der Waals surface area contributed by atoms with Crippen LogP contribution in [-0.4, -0.2) is 35.6 Å². The maximum absolute atomic E-state index is 10.9. The molecule has 4 nitrogen and oxygen atoms in total. The Kier molecular flexibility index (Phi) is 5.41. The fraction of sp³-hybridized carbons (Fsp3) is 0.417. The molecule has 0 bridgehead atoms. The maximum atomic E-state index is 10.9. The summed E-state index contributed by atoms with van der Waals surface area (Å²) in [4.78, 5) is 10.9. The molecule has 2 N–H and O–H groups in total. The maximum Gasteiger partial charge on any atom is 0.150 e. The summed E-state index contributed by atoms with van der Waals surface area (Å²) in [7, 11) is 1.49. The summed E-state index contributed by atoms with van der Waals surface area (Å²) in [5.41, 5.74) is 0.670. The van der Waals surface area contributed by atoms with E-state index in [0.29, 0.717) is 23.2 Å². The second kappa shape index (κ2) is 6.59. The summed E-state index contributed by atoms with van der Waals surface area (Å²) < 4.78 is 4.98. The van der Waals surface area contributed by atoms with Gasteiger partial charge in [-0.25, -0.2) is 0 Å². The van der Waals surface area contributed by atoms with Crippen molar-refractivity contribution in [1.82, 2.24) is 0 Å². The summed E-state index contributed by atoms with van der Waals surface area (Å²) in [5, 5.41) is 19.5. The Hall–Kier alpha value is -1.10. The van der Waals surface area contributed by atoms with Gasteiger partial charge < -0.3 is 14.9 Å². The molecule has 5 heteroatoms. The fourth-order valence-corrected chi connectivity index (χ4v) is 1.75. The van der Waals surface area contributed by atoms with Gasteiger partial charge in [0.2, 0.25) is 0 Å². The number of aliphatic hydroxyl groups excluding tert-OH is 2. The smallest absolute Gasteiger partial charge is 0.150 e. The van der Waals surface area contributed by atoms with Crippen LogP contribution in [0.25, 0.3) is 0 Å². The van der Waals surface area contributed by atoms with Gasteiger partial charge in [0.1, 0.15) is 11.9 Å². The van der Waals surface area contributed by atoms with Crippen molar-refractivity contribution in [3.8, 4) is 5.75 Å². The summed E-state index contributed by atoms with van der Waals surface area (Å²) >= 11 is 5.49. The molecule has 0 saturated heterocycles. The first kappa shape index (κ1) is 14.0. The van der Waals surface area contributed by atoms with Crippen molar-refractivity contribution >= 4 is 17.9 Å². The van der Waals surface area contributed by atoms with Gasteiger partial charge in [-0.1, -0.05) is 6.07 Å². The highest BCUT2D eigenvalue weighted by Crippen LogP contribution is 2.25. The third-order valence-corrected chi connectivity index (χ3v) is 2.73. The van der Waals surface area contributed by atoms with E-state index >= 15 is 0 Å². The van der Waals surface area contributed by atoms with Gasteiger partial charge >= 0.3 is 0 Å². The van der Waals surface area contributed by atoms with E-state index in [0.717, 1.165) is 0 Å². The van der Waals surface area contributed by atoms with Crippen LogP contribution in [0, 0.1) is 0 Å². The molecule has 2 unspecified atom stereocenters. The van der Waals surface area contributed by atoms with E-state index in [4.69, 9.17) is 16.3 Å². The van der Waals surface area contributed by atoms with Gasteiger partial charge in [-0.05, 0) is 24.1 Å². The molecule has 94 valence electrons. The molecule has 1 aromatic carbocycles. The topological polar surface area (TPSA) is 66.8 Å². The molecule has 0 aromatic heterocycles. The van der Waals surface area contributed by atoms with Crippen LogP contribution in [0.4, 0.5) is 0 Å². The van der Waals surface area contributed by atoms with Gasteiger partial charge in [0.25, 0.3) is 0 Å². The van der Waals surface area contributed by atoms with Crippen molar-refractivity contribution in [3.63, 3.8) is 0 Å². The van der Waals surface area contributed by atoms with E-state index in [1.54, 1.807) is 12.1 Å². The van der Waals surface area contributed by atoms with Crippen molar-refractivity contribution < 1.29 is 19.7 Å². The lowest BCUT2D eigenvalue weighted by Gasteiger charge is -2.19. The number of aliphatic hydroxyl groups is 2. The predicted molar refractivity (Wildman–Crippen MR) is 64.7 cm³/mol. The number of rotatable bonds is 6. The third-order valence-electron chi connectivity index (χ3n) is 2.51. The number of carbonyl (C=O) groups is 1. The Labute approximate surface area is 105 Å². The van der Waals surface area contributed by atoms with Crippen molar-refractivity contribution in [2.45, 2.75) is 18.6 Å². The third kappa shape index (κ3) is 3.43. The van der Waals surface area contributed by atoms with Crippen LogP contribution in [0.2, 0.25) is 0 Å². The molecule has 0 amide bonds. The highest BCUT2D eigenvalue weighted by molar-refractivity contribution is 6.17. The number of alkyl halides is 1. The molecule has 17 heavy (non-hydrogen) atoms. The number of benzene rings is 1. The van der Waals surface area contributed by atoms with E-state index in [2.05, 4.69) is 0 Å². The summed E-state index contributed by atoms with van der Waals surface area (Å²) in [5.74, 6) is 0.764. The van der Waals surface area contributed by atoms with Gasteiger partial charge in [-0.3, -0.25) is 4.79 Å². The SMILES string of the molecule is COc1ccc(C(O)C(O)CCCl)c(C=O)c1. The molecule has 0 saturated carbocycles. The molecule has 0 radical (unpaired) electrons. The van der Waals surface area contributed by atoms with Crippen LogP contribution < -0.4 is 4.74 Å². The summed E-state index contributed by atoms with van der Waals surface area (Å²) in [6, 6.07) is 4.70. The van der Waals surface area contributed by atoms with Crippen LogP contribution in [-0.2, 0) is 0 Å². The monoisotopic (exact) mass is 258 g/mol. The molecule has 1 aromatic rings. The first-order valence-corrected chi connectivity index (χ1v) is 5.72. The molecule has 0 aliphatic carbocycles. The number of methoxy groups -OCH3 is 1. The lowest BCUT2D eigenvalue weighted by atomic mass is 9.98. The van der Waals surface area contributed by atoms with Crippen molar-refractivity contribution in [3.05, 3.63) is 29.3 Å². The average molecular weight is 259 g/mol. The highest BCUT2D eigenvalue weighted by atomic mass is 35.5. The second-order valence-electron chi connectivity index (χ2n) is 3.60. The Balaban J connectivity index is 3.00. The van der Waals surface area contributed by atoms with Crippen LogP contribution in [0.5, 0.6) is 5.75 Å². The van der Waals surface area contributed by atoms with Crippen molar-refractivity contribution in [2.75, 3.05) is 13.0 Å². The standard InChI is InChI=1S/C12H15ClO4/c1-17-9-2-3-10(8(6-9)7-14)12(16)11(15)4-5-13/h2-3,6-7,11-12,15-16H,4-5H2,1H3. The van der Waals surface area contributed by atoms with E-state index < -0.39 is 12.2 Å². The Bertz CT molecular complexity index is 381. The summed E-state index contributed by atoms with van der Waals surface area (Å²) in [6.07, 6.45) is -1.24. The van der Waals surface area contributed by atoms with Crippen LogP contribution in [0.3, 0.4) is 0 Å². The molecule has 0 aliphatic heterocycles. The molecule has 0 fully saturated rings. The number of halogens is 1. The minimum Gasteiger partial charge on any atom is -0.497 e. The molecule has 2 atom stereocenters. The zero-order chi connectivity index (χ0) is 12.8. The van der Waals surface area contributed by atoms with Crippen LogP contribution >= 0.6 is 11.6 Å². The van der Waals surface area contributed by atoms with E-state index in [-0.39, 0.29) is 12.3 Å². The predicted octanol–water partition coefficient (Wildman–Crippen LogP) is 1.53. The lowest BCUT2D eigenvalue weighted by molar-refractivity contribution is 0.0166. The normalized spacial score (nSPS) is 14.1. The highest BCUT2D eigenvalue weighted by Gasteiger charge is 2.20. The molecule has 0 heterocycles. The van der Waals surface area contributed by atoms with E-state index in [1.165, 1.54) is 13.2 Å². The first-order chi connectivity index (χ1) is 8.13. The van der Waals surface area contributed by atoms with Crippen molar-refractivity contribution in [1.29, 1.82) is 0 Å². The van der Waals surface area contributed by atoms with Crippen molar-refractivity contribution in [2.24, 2.45) is 0 Å². The van der Waals surface area contributed by atoms with E-state index in [1.807, 2.05) is 0 Å². The number of ether oxygens (including phenoxy) is 1. The molecule has 0 spiro atoms. The van der Waals surface area contributed by atoms with Gasteiger partial charge in [0.15, 0.2) is 6.29 Å². The van der Waals surface area contributed by atoms with Gasteiger partial charge in [-0.2, -0.15) is 0 Å². The Morgan fingerprint density at radius 3 is 2.71 bits per heavy atom. The minimum absolute atomic E-state index is 0.241. The van der Waals surface area contributed by atoms with Crippen LogP contribution in [0.1, 0.15) is 28.4 Å². The zero-order valence-corrected chi connectivity index (χ0v) is 10.2. The lowest BCUT2D eigenvalue weighted by Crippen LogP contribution is -2.20. The minimum atomic E-state index is -1.13. The van der Waals surface area contributed by atoms with Gasteiger partial charge in [0.05, 0.1) is 13.2 Å². The molecular weight excluding hydrogens is 244 g/mol. The quantitative estimate of drug-likeness (QED) is 0.600.